The van der Waals surface area contributed by atoms with Crippen molar-refractivity contribution in [2.24, 2.45) is 4.99 Å². The van der Waals surface area contributed by atoms with Crippen LogP contribution in [0.15, 0.2) is 84.4 Å². The Morgan fingerprint density at radius 1 is 1.00 bits per heavy atom. The molecule has 0 aliphatic carbocycles. The van der Waals surface area contributed by atoms with Gasteiger partial charge in [0.15, 0.2) is 0 Å². The van der Waals surface area contributed by atoms with Crippen LogP contribution in [0.25, 0.3) is 5.70 Å². The first-order chi connectivity index (χ1) is 12.7. The predicted octanol–water partition coefficient (Wildman–Crippen LogP) is 6.39. The summed E-state index contributed by atoms with van der Waals surface area (Å²) in [5, 5.41) is 3.36. The van der Waals surface area contributed by atoms with Crippen LogP contribution in [-0.4, -0.2) is 6.21 Å². The molecule has 3 rings (SSSR count). The highest BCUT2D eigenvalue weighted by Gasteiger charge is 2.05. The number of benzene rings is 3. The zero-order valence-electron chi connectivity index (χ0n) is 15.4. The molecular weight excluding hydrogens is 316 g/mol. The first-order valence-corrected chi connectivity index (χ1v) is 8.91. The van der Waals surface area contributed by atoms with Crippen molar-refractivity contribution < 1.29 is 0 Å². The summed E-state index contributed by atoms with van der Waals surface area (Å²) in [7, 11) is 0. The molecule has 0 saturated heterocycles. The molecule has 0 unspecified atom stereocenters. The van der Waals surface area contributed by atoms with Crippen molar-refractivity contribution in [3.63, 3.8) is 0 Å². The second-order valence-corrected chi connectivity index (χ2v) is 6.30. The number of para-hydroxylation sites is 2. The SMILES string of the molecule is C=C(Nc1ccccc1)c1ccccc1/N=C/c1ccc(C)cc1CC. The van der Waals surface area contributed by atoms with Crippen molar-refractivity contribution in [1.29, 1.82) is 0 Å². The van der Waals surface area contributed by atoms with Crippen LogP contribution in [0.5, 0.6) is 0 Å². The molecule has 2 heteroatoms. The number of aliphatic imine (C=N–C) groups is 1. The summed E-state index contributed by atoms with van der Waals surface area (Å²) in [5.74, 6) is 0. The van der Waals surface area contributed by atoms with Crippen LogP contribution in [0.1, 0.15) is 29.2 Å². The predicted molar refractivity (Wildman–Crippen MR) is 113 cm³/mol. The molecule has 1 N–H and O–H groups in total. The third kappa shape index (κ3) is 4.28. The Balaban J connectivity index is 1.87. The maximum atomic E-state index is 4.75. The van der Waals surface area contributed by atoms with Crippen molar-refractivity contribution in [2.75, 3.05) is 5.32 Å². The number of anilines is 1. The monoisotopic (exact) mass is 340 g/mol. The van der Waals surface area contributed by atoms with E-state index in [2.05, 4.69) is 43.9 Å². The maximum absolute atomic E-state index is 4.75. The summed E-state index contributed by atoms with van der Waals surface area (Å²) < 4.78 is 0. The summed E-state index contributed by atoms with van der Waals surface area (Å²) in [6.07, 6.45) is 2.94. The lowest BCUT2D eigenvalue weighted by Gasteiger charge is -2.12. The molecule has 0 aliphatic rings. The van der Waals surface area contributed by atoms with Crippen molar-refractivity contribution in [3.05, 3.63) is 102 Å². The average Bonchev–Trinajstić information content (AvgIpc) is 2.68. The standard InChI is InChI=1S/C24H24N2/c1-4-20-16-18(2)14-15-21(20)17-25-24-13-9-8-12-23(24)19(3)26-22-10-6-5-7-11-22/h5-17,26H,3-4H2,1-2H3/b25-17+. The molecule has 0 fully saturated rings. The minimum atomic E-state index is 0.837. The molecule has 130 valence electrons. The second kappa shape index (κ2) is 8.30. The van der Waals surface area contributed by atoms with Crippen molar-refractivity contribution in [3.8, 4) is 0 Å². The van der Waals surface area contributed by atoms with Crippen LogP contribution in [-0.2, 0) is 6.42 Å². The van der Waals surface area contributed by atoms with E-state index in [-0.39, 0.29) is 0 Å². The Bertz CT molecular complexity index is 924. The van der Waals surface area contributed by atoms with Crippen molar-refractivity contribution in [1.82, 2.24) is 0 Å². The van der Waals surface area contributed by atoms with Crippen LogP contribution in [0.2, 0.25) is 0 Å². The minimum Gasteiger partial charge on any atom is -0.355 e. The minimum absolute atomic E-state index is 0.837. The van der Waals surface area contributed by atoms with Gasteiger partial charge in [0.25, 0.3) is 0 Å². The number of nitrogens with one attached hydrogen (secondary N) is 1. The van der Waals surface area contributed by atoms with Gasteiger partial charge >= 0.3 is 0 Å². The van der Waals surface area contributed by atoms with Crippen molar-refractivity contribution >= 4 is 23.3 Å². The summed E-state index contributed by atoms with van der Waals surface area (Å²) in [5.41, 5.74) is 7.51. The largest absolute Gasteiger partial charge is 0.355 e. The fraction of sp³-hybridized carbons (Fsp3) is 0.125. The molecule has 26 heavy (non-hydrogen) atoms. The molecule has 3 aromatic carbocycles. The van der Waals surface area contributed by atoms with E-state index < -0.39 is 0 Å². The third-order valence-corrected chi connectivity index (χ3v) is 4.32. The van der Waals surface area contributed by atoms with E-state index in [1.54, 1.807) is 0 Å². The Kier molecular flexibility index (Phi) is 5.65. The van der Waals surface area contributed by atoms with Crippen LogP contribution < -0.4 is 5.32 Å². The van der Waals surface area contributed by atoms with Gasteiger partial charge in [-0.05, 0) is 42.7 Å². The highest BCUT2D eigenvalue weighted by atomic mass is 14.9. The zero-order valence-corrected chi connectivity index (χ0v) is 15.4. The first-order valence-electron chi connectivity index (χ1n) is 8.91. The normalized spacial score (nSPS) is 10.8. The second-order valence-electron chi connectivity index (χ2n) is 6.30. The Morgan fingerprint density at radius 2 is 1.73 bits per heavy atom. The van der Waals surface area contributed by atoms with Gasteiger partial charge < -0.3 is 5.32 Å². The fourth-order valence-corrected chi connectivity index (χ4v) is 2.91. The molecule has 0 bridgehead atoms. The topological polar surface area (TPSA) is 24.4 Å². The lowest BCUT2D eigenvalue weighted by molar-refractivity contribution is 1.13. The van der Waals surface area contributed by atoms with E-state index in [1.807, 2.05) is 60.8 Å². The third-order valence-electron chi connectivity index (χ3n) is 4.32. The molecule has 0 radical (unpaired) electrons. The fourth-order valence-electron chi connectivity index (χ4n) is 2.91. The summed E-state index contributed by atoms with van der Waals surface area (Å²) in [6.45, 7) is 8.49. The molecule has 0 saturated carbocycles. The molecular formula is C24H24N2. The zero-order chi connectivity index (χ0) is 18.4. The van der Waals surface area contributed by atoms with Crippen LogP contribution in [0.3, 0.4) is 0 Å². The van der Waals surface area contributed by atoms with E-state index in [4.69, 9.17) is 4.99 Å². The molecule has 2 nitrogen and oxygen atoms in total. The Labute approximate surface area is 155 Å². The summed E-state index contributed by atoms with van der Waals surface area (Å²) in [4.78, 5) is 4.75. The van der Waals surface area contributed by atoms with Gasteiger partial charge in [-0.1, -0.05) is 73.7 Å². The van der Waals surface area contributed by atoms with E-state index in [0.717, 1.165) is 34.6 Å². The highest BCUT2D eigenvalue weighted by molar-refractivity contribution is 5.87. The van der Waals surface area contributed by atoms with Gasteiger partial charge in [0.2, 0.25) is 0 Å². The number of rotatable bonds is 6. The lowest BCUT2D eigenvalue weighted by Crippen LogP contribution is -1.97. The Morgan fingerprint density at radius 3 is 2.50 bits per heavy atom. The van der Waals surface area contributed by atoms with Gasteiger partial charge in [0, 0.05) is 23.2 Å². The number of nitrogens with zero attached hydrogens (tertiary/aromatic N) is 1. The van der Waals surface area contributed by atoms with Crippen LogP contribution in [0.4, 0.5) is 11.4 Å². The lowest BCUT2D eigenvalue weighted by atomic mass is 10.0. The molecule has 0 heterocycles. The Hall–Kier alpha value is -3.13. The van der Waals surface area contributed by atoms with Gasteiger partial charge in [-0.2, -0.15) is 0 Å². The number of aryl methyl sites for hydroxylation is 2. The molecule has 0 atom stereocenters. The first kappa shape index (κ1) is 17.7. The van der Waals surface area contributed by atoms with Gasteiger partial charge in [0.1, 0.15) is 0 Å². The average molecular weight is 340 g/mol. The summed E-state index contributed by atoms with van der Waals surface area (Å²) >= 11 is 0. The smallest absolute Gasteiger partial charge is 0.0722 e. The van der Waals surface area contributed by atoms with E-state index in [9.17, 15) is 0 Å². The molecule has 0 amide bonds. The number of hydrogen-bond acceptors (Lipinski definition) is 2. The molecule has 0 spiro atoms. The maximum Gasteiger partial charge on any atom is 0.0722 e. The van der Waals surface area contributed by atoms with E-state index in [0.29, 0.717) is 0 Å². The van der Waals surface area contributed by atoms with Crippen LogP contribution >= 0.6 is 0 Å². The quantitative estimate of drug-likeness (QED) is 0.516. The van der Waals surface area contributed by atoms with Gasteiger partial charge in [0.05, 0.1) is 5.69 Å². The number of hydrogen-bond donors (Lipinski definition) is 1. The van der Waals surface area contributed by atoms with Gasteiger partial charge in [-0.25, -0.2) is 0 Å². The van der Waals surface area contributed by atoms with E-state index in [1.165, 1.54) is 11.1 Å². The molecule has 3 aromatic rings. The van der Waals surface area contributed by atoms with E-state index >= 15 is 0 Å². The summed E-state index contributed by atoms with van der Waals surface area (Å²) in [6, 6.07) is 24.6. The molecule has 0 aromatic heterocycles. The molecule has 0 aliphatic heterocycles. The van der Waals surface area contributed by atoms with Gasteiger partial charge in [-0.3, -0.25) is 4.99 Å². The van der Waals surface area contributed by atoms with Crippen molar-refractivity contribution in [2.45, 2.75) is 20.3 Å². The highest BCUT2D eigenvalue weighted by Crippen LogP contribution is 2.26. The van der Waals surface area contributed by atoms with Crippen LogP contribution in [0, 0.1) is 6.92 Å². The van der Waals surface area contributed by atoms with Gasteiger partial charge in [-0.15, -0.1) is 0 Å².